The van der Waals surface area contributed by atoms with E-state index in [1.165, 1.54) is 11.3 Å². The van der Waals surface area contributed by atoms with Crippen molar-refractivity contribution < 1.29 is 4.74 Å². The zero-order chi connectivity index (χ0) is 19.2. The molecule has 140 valence electrons. The lowest BCUT2D eigenvalue weighted by molar-refractivity contribution is 0.478. The van der Waals surface area contributed by atoms with Gasteiger partial charge in [0, 0.05) is 17.8 Å². The zero-order valence-corrected chi connectivity index (χ0v) is 16.1. The molecule has 1 aliphatic heterocycles. The molecular formula is C25H24N2O. The van der Waals surface area contributed by atoms with Crippen LogP contribution in [0.4, 0.5) is 11.4 Å². The van der Waals surface area contributed by atoms with Gasteiger partial charge in [-0.2, -0.15) is 0 Å². The maximum Gasteiger partial charge on any atom is 0.139 e. The van der Waals surface area contributed by atoms with Crippen molar-refractivity contribution in [2.24, 2.45) is 4.99 Å². The van der Waals surface area contributed by atoms with Gasteiger partial charge >= 0.3 is 0 Å². The fourth-order valence-electron chi connectivity index (χ4n) is 3.45. The first-order valence-electron chi connectivity index (χ1n) is 9.69. The highest BCUT2D eigenvalue weighted by Gasteiger charge is 2.22. The van der Waals surface area contributed by atoms with Gasteiger partial charge in [-0.25, -0.2) is 4.99 Å². The Labute approximate surface area is 166 Å². The third kappa shape index (κ3) is 4.15. The minimum atomic E-state index is 0.819. The molecule has 3 heteroatoms. The number of para-hydroxylation sites is 3. The summed E-state index contributed by atoms with van der Waals surface area (Å²) in [7, 11) is 0. The van der Waals surface area contributed by atoms with Crippen molar-refractivity contribution in [1.82, 2.24) is 0 Å². The van der Waals surface area contributed by atoms with Gasteiger partial charge in [0.25, 0.3) is 0 Å². The van der Waals surface area contributed by atoms with Crippen LogP contribution < -0.4 is 9.64 Å². The summed E-state index contributed by atoms with van der Waals surface area (Å²) in [6, 6.07) is 28.5. The van der Waals surface area contributed by atoms with Gasteiger partial charge in [0.2, 0.25) is 0 Å². The van der Waals surface area contributed by atoms with Gasteiger partial charge in [-0.3, -0.25) is 0 Å². The first kappa shape index (κ1) is 18.1. The average Bonchev–Trinajstić information content (AvgIpc) is 2.77. The van der Waals surface area contributed by atoms with Crippen LogP contribution in [-0.2, 0) is 6.42 Å². The summed E-state index contributed by atoms with van der Waals surface area (Å²) in [5.74, 6) is 1.74. The number of fused-ring (bicyclic) bond motifs is 1. The molecule has 0 atom stereocenters. The molecule has 0 bridgehead atoms. The van der Waals surface area contributed by atoms with E-state index in [0.717, 1.165) is 42.2 Å². The smallest absolute Gasteiger partial charge is 0.139 e. The van der Waals surface area contributed by atoms with Crippen LogP contribution in [0.3, 0.4) is 0 Å². The number of amidine groups is 1. The Morgan fingerprint density at radius 1 is 0.893 bits per heavy atom. The second-order valence-corrected chi connectivity index (χ2v) is 6.89. The van der Waals surface area contributed by atoms with Crippen LogP contribution in [0.5, 0.6) is 5.75 Å². The van der Waals surface area contributed by atoms with E-state index in [9.17, 15) is 0 Å². The second kappa shape index (κ2) is 8.57. The van der Waals surface area contributed by atoms with E-state index in [-0.39, 0.29) is 0 Å². The summed E-state index contributed by atoms with van der Waals surface area (Å²) < 4.78 is 5.90. The lowest BCUT2D eigenvalue weighted by Gasteiger charge is -2.32. The Hall–Kier alpha value is -3.33. The maximum absolute atomic E-state index is 5.90. The van der Waals surface area contributed by atoms with E-state index in [1.54, 1.807) is 6.26 Å². The minimum Gasteiger partial charge on any atom is -0.465 e. The third-order valence-corrected chi connectivity index (χ3v) is 4.82. The second-order valence-electron chi connectivity index (χ2n) is 6.89. The van der Waals surface area contributed by atoms with Crippen LogP contribution in [0.25, 0.3) is 0 Å². The monoisotopic (exact) mass is 368 g/mol. The standard InChI is InChI=1S/C25H24N2O/c1-20(19-28-23-15-6-3-7-16-23)25(26-22-13-4-2-5-14-22)27-18-10-12-21-11-8-9-17-24(21)27/h2-9,11,13-17,19H,10,12,18H2,1H3. The van der Waals surface area contributed by atoms with Crippen LogP contribution in [0.2, 0.25) is 0 Å². The Balaban J connectivity index is 1.72. The number of benzene rings is 3. The van der Waals surface area contributed by atoms with Crippen molar-refractivity contribution in [2.75, 3.05) is 11.4 Å². The molecule has 0 fully saturated rings. The summed E-state index contributed by atoms with van der Waals surface area (Å²) in [4.78, 5) is 7.30. The molecule has 28 heavy (non-hydrogen) atoms. The van der Waals surface area contributed by atoms with E-state index >= 15 is 0 Å². The van der Waals surface area contributed by atoms with E-state index < -0.39 is 0 Å². The van der Waals surface area contributed by atoms with Crippen molar-refractivity contribution in [1.29, 1.82) is 0 Å². The zero-order valence-electron chi connectivity index (χ0n) is 16.1. The number of hydrogen-bond acceptors (Lipinski definition) is 2. The molecule has 0 N–H and O–H groups in total. The fraction of sp³-hybridized carbons (Fsp3) is 0.160. The predicted molar refractivity (Wildman–Crippen MR) is 116 cm³/mol. The van der Waals surface area contributed by atoms with Gasteiger partial charge in [0.05, 0.1) is 11.9 Å². The molecule has 0 aromatic heterocycles. The molecule has 0 radical (unpaired) electrons. The average molecular weight is 368 g/mol. The Bertz CT molecular complexity index is 978. The number of anilines is 1. The fourth-order valence-corrected chi connectivity index (χ4v) is 3.45. The summed E-state index contributed by atoms with van der Waals surface area (Å²) in [5.41, 5.74) is 4.53. The molecular weight excluding hydrogens is 344 g/mol. The van der Waals surface area contributed by atoms with Crippen LogP contribution in [-0.4, -0.2) is 12.4 Å². The number of ether oxygens (including phenoxy) is 1. The molecule has 1 heterocycles. The Kier molecular flexibility index (Phi) is 5.53. The molecule has 3 nitrogen and oxygen atoms in total. The highest BCUT2D eigenvalue weighted by atomic mass is 16.5. The number of hydrogen-bond donors (Lipinski definition) is 0. The van der Waals surface area contributed by atoms with Gasteiger partial charge in [-0.05, 0) is 55.7 Å². The van der Waals surface area contributed by atoms with Gasteiger partial charge in [-0.1, -0.05) is 54.6 Å². The molecule has 3 aromatic rings. The van der Waals surface area contributed by atoms with Crippen molar-refractivity contribution >= 4 is 17.2 Å². The number of aryl methyl sites for hydroxylation is 1. The molecule has 0 amide bonds. The lowest BCUT2D eigenvalue weighted by Crippen LogP contribution is -2.36. The number of nitrogens with zero attached hydrogens (tertiary/aromatic N) is 2. The lowest BCUT2D eigenvalue weighted by atomic mass is 10.0. The van der Waals surface area contributed by atoms with Crippen molar-refractivity contribution in [2.45, 2.75) is 19.8 Å². The quantitative estimate of drug-likeness (QED) is 0.313. The normalized spacial score (nSPS) is 14.5. The van der Waals surface area contributed by atoms with Gasteiger partial charge in [-0.15, -0.1) is 0 Å². The van der Waals surface area contributed by atoms with E-state index in [0.29, 0.717) is 0 Å². The van der Waals surface area contributed by atoms with Crippen molar-refractivity contribution in [3.05, 3.63) is 102 Å². The van der Waals surface area contributed by atoms with E-state index in [2.05, 4.69) is 36.1 Å². The minimum absolute atomic E-state index is 0.819. The molecule has 0 saturated carbocycles. The number of rotatable bonds is 4. The molecule has 0 saturated heterocycles. The van der Waals surface area contributed by atoms with Crippen LogP contribution in [0, 0.1) is 0 Å². The molecule has 3 aromatic carbocycles. The SMILES string of the molecule is CC(=COc1ccccc1)C(=Nc1ccccc1)N1CCCc2ccccc21. The first-order chi connectivity index (χ1) is 13.8. The summed E-state index contributed by atoms with van der Waals surface area (Å²) in [6.07, 6.45) is 4.01. The largest absolute Gasteiger partial charge is 0.465 e. The van der Waals surface area contributed by atoms with Crippen LogP contribution >= 0.6 is 0 Å². The van der Waals surface area contributed by atoms with Gasteiger partial charge in [0.15, 0.2) is 0 Å². The summed E-state index contributed by atoms with van der Waals surface area (Å²) in [5, 5.41) is 0. The van der Waals surface area contributed by atoms with Crippen LogP contribution in [0.1, 0.15) is 18.9 Å². The molecule has 0 spiro atoms. The molecule has 0 unspecified atom stereocenters. The van der Waals surface area contributed by atoms with E-state index in [4.69, 9.17) is 9.73 Å². The topological polar surface area (TPSA) is 24.8 Å². The van der Waals surface area contributed by atoms with Gasteiger partial charge < -0.3 is 9.64 Å². The Morgan fingerprint density at radius 2 is 1.57 bits per heavy atom. The van der Waals surface area contributed by atoms with Crippen LogP contribution in [0.15, 0.2) is 102 Å². The van der Waals surface area contributed by atoms with E-state index in [1.807, 2.05) is 60.7 Å². The highest BCUT2D eigenvalue weighted by molar-refractivity contribution is 6.10. The molecule has 1 aliphatic rings. The summed E-state index contributed by atoms with van der Waals surface area (Å²) in [6.45, 7) is 3.00. The molecule has 0 aliphatic carbocycles. The predicted octanol–water partition coefficient (Wildman–Crippen LogP) is 6.15. The first-order valence-corrected chi connectivity index (χ1v) is 9.69. The third-order valence-electron chi connectivity index (χ3n) is 4.82. The Morgan fingerprint density at radius 3 is 2.36 bits per heavy atom. The maximum atomic E-state index is 5.90. The van der Waals surface area contributed by atoms with Crippen molar-refractivity contribution in [3.8, 4) is 5.75 Å². The molecule has 4 rings (SSSR count). The van der Waals surface area contributed by atoms with Crippen molar-refractivity contribution in [3.63, 3.8) is 0 Å². The highest BCUT2D eigenvalue weighted by Crippen LogP contribution is 2.29. The van der Waals surface area contributed by atoms with Gasteiger partial charge in [0.1, 0.15) is 11.6 Å². The summed E-state index contributed by atoms with van der Waals surface area (Å²) >= 11 is 0. The number of aliphatic imine (C=N–C) groups is 1.